The smallest absolute Gasteiger partial charge is 0.259 e. The second-order valence-corrected chi connectivity index (χ2v) is 3.86. The van der Waals surface area contributed by atoms with Gasteiger partial charge in [-0.3, -0.25) is 4.79 Å². The van der Waals surface area contributed by atoms with E-state index in [4.69, 9.17) is 9.15 Å². The van der Waals surface area contributed by atoms with Crippen LogP contribution in [0.15, 0.2) is 52.2 Å². The van der Waals surface area contributed by atoms with Crippen molar-refractivity contribution in [3.05, 3.63) is 48.4 Å². The first-order valence-corrected chi connectivity index (χ1v) is 6.02. The lowest BCUT2D eigenvalue weighted by atomic mass is 10.3. The van der Waals surface area contributed by atoms with Crippen LogP contribution in [0.2, 0.25) is 0 Å². The standard InChI is InChI=1S/C14H15N3O3/c1-19-13-7-3-2-6-12(13)15-10-14(18)17-16-9-11-5-4-8-20-11/h2-9,15H,10H2,1H3,(H,17,18)/b16-9-. The number of para-hydroxylation sites is 2. The number of nitrogens with one attached hydrogen (secondary N) is 2. The summed E-state index contributed by atoms with van der Waals surface area (Å²) in [6, 6.07) is 10.8. The van der Waals surface area contributed by atoms with Crippen LogP contribution in [0.1, 0.15) is 5.76 Å². The van der Waals surface area contributed by atoms with E-state index < -0.39 is 0 Å². The number of amides is 1. The number of hydrazone groups is 1. The Bertz CT molecular complexity index is 579. The van der Waals surface area contributed by atoms with Crippen molar-refractivity contribution in [3.63, 3.8) is 0 Å². The third-order valence-corrected chi connectivity index (χ3v) is 2.47. The van der Waals surface area contributed by atoms with Gasteiger partial charge in [0.05, 0.1) is 31.8 Å². The van der Waals surface area contributed by atoms with Crippen LogP contribution < -0.4 is 15.5 Å². The number of carbonyl (C=O) groups is 1. The Labute approximate surface area is 116 Å². The molecule has 20 heavy (non-hydrogen) atoms. The Hall–Kier alpha value is -2.76. The Morgan fingerprint density at radius 1 is 1.35 bits per heavy atom. The highest BCUT2D eigenvalue weighted by molar-refractivity contribution is 5.83. The Kier molecular flexibility index (Phi) is 4.77. The van der Waals surface area contributed by atoms with Gasteiger partial charge in [0.2, 0.25) is 0 Å². The summed E-state index contributed by atoms with van der Waals surface area (Å²) in [5.41, 5.74) is 3.15. The normalized spacial score (nSPS) is 10.4. The molecule has 0 aliphatic heterocycles. The molecule has 2 aromatic rings. The Morgan fingerprint density at radius 3 is 2.95 bits per heavy atom. The van der Waals surface area contributed by atoms with Gasteiger partial charge in [0.15, 0.2) is 0 Å². The average Bonchev–Trinajstić information content (AvgIpc) is 2.98. The van der Waals surface area contributed by atoms with Crippen LogP contribution in [0.3, 0.4) is 0 Å². The van der Waals surface area contributed by atoms with Gasteiger partial charge in [-0.25, -0.2) is 5.43 Å². The molecule has 1 amide bonds. The van der Waals surface area contributed by atoms with Crippen LogP contribution in [0, 0.1) is 0 Å². The molecule has 1 aromatic heterocycles. The molecule has 104 valence electrons. The monoisotopic (exact) mass is 273 g/mol. The highest BCUT2D eigenvalue weighted by Gasteiger charge is 2.03. The fourth-order valence-electron chi connectivity index (χ4n) is 1.54. The molecule has 6 heteroatoms. The van der Waals surface area contributed by atoms with Crippen molar-refractivity contribution >= 4 is 17.8 Å². The number of hydrogen-bond acceptors (Lipinski definition) is 5. The van der Waals surface area contributed by atoms with Crippen molar-refractivity contribution in [1.29, 1.82) is 0 Å². The molecule has 0 aliphatic rings. The highest BCUT2D eigenvalue weighted by atomic mass is 16.5. The zero-order chi connectivity index (χ0) is 14.2. The number of methoxy groups -OCH3 is 1. The van der Waals surface area contributed by atoms with Crippen LogP contribution in [-0.4, -0.2) is 25.8 Å². The van der Waals surface area contributed by atoms with E-state index in [1.54, 1.807) is 19.2 Å². The third-order valence-electron chi connectivity index (χ3n) is 2.47. The fourth-order valence-corrected chi connectivity index (χ4v) is 1.54. The van der Waals surface area contributed by atoms with Crippen LogP contribution in [0.4, 0.5) is 5.69 Å². The SMILES string of the molecule is COc1ccccc1NCC(=O)N/N=C\c1ccco1. The molecule has 0 spiro atoms. The third kappa shape index (κ3) is 3.88. The van der Waals surface area contributed by atoms with Gasteiger partial charge in [0, 0.05) is 0 Å². The molecule has 0 atom stereocenters. The van der Waals surface area contributed by atoms with Crippen molar-refractivity contribution < 1.29 is 13.9 Å². The molecule has 0 aliphatic carbocycles. The van der Waals surface area contributed by atoms with Gasteiger partial charge in [0.25, 0.3) is 5.91 Å². The molecule has 1 heterocycles. The van der Waals surface area contributed by atoms with Gasteiger partial charge >= 0.3 is 0 Å². The molecule has 0 radical (unpaired) electrons. The van der Waals surface area contributed by atoms with Crippen molar-refractivity contribution in [2.24, 2.45) is 5.10 Å². The van der Waals surface area contributed by atoms with Gasteiger partial charge in [-0.05, 0) is 24.3 Å². The summed E-state index contributed by atoms with van der Waals surface area (Å²) < 4.78 is 10.2. The van der Waals surface area contributed by atoms with Gasteiger partial charge in [-0.1, -0.05) is 12.1 Å². The molecular weight excluding hydrogens is 258 g/mol. The minimum absolute atomic E-state index is 0.0931. The molecular formula is C14H15N3O3. The lowest BCUT2D eigenvalue weighted by Crippen LogP contribution is -2.26. The maximum Gasteiger partial charge on any atom is 0.259 e. The molecule has 0 saturated heterocycles. The second kappa shape index (κ2) is 6.98. The molecule has 0 bridgehead atoms. The van der Waals surface area contributed by atoms with Crippen LogP contribution in [-0.2, 0) is 4.79 Å². The topological polar surface area (TPSA) is 75.9 Å². The minimum atomic E-state index is -0.265. The highest BCUT2D eigenvalue weighted by Crippen LogP contribution is 2.22. The Morgan fingerprint density at radius 2 is 2.20 bits per heavy atom. The number of anilines is 1. The largest absolute Gasteiger partial charge is 0.495 e. The molecule has 2 rings (SSSR count). The Balaban J connectivity index is 1.80. The first-order chi connectivity index (χ1) is 9.79. The van der Waals surface area contributed by atoms with Gasteiger partial charge < -0.3 is 14.5 Å². The number of carbonyl (C=O) groups excluding carboxylic acids is 1. The van der Waals surface area contributed by atoms with E-state index in [9.17, 15) is 4.79 Å². The first kappa shape index (κ1) is 13.7. The zero-order valence-electron chi connectivity index (χ0n) is 11.0. The van der Waals surface area contributed by atoms with E-state index in [1.807, 2.05) is 24.3 Å². The predicted molar refractivity (Wildman–Crippen MR) is 75.9 cm³/mol. The zero-order valence-corrected chi connectivity index (χ0v) is 11.0. The van der Waals surface area contributed by atoms with Crippen molar-refractivity contribution in [2.75, 3.05) is 19.0 Å². The van der Waals surface area contributed by atoms with E-state index in [1.165, 1.54) is 12.5 Å². The maximum absolute atomic E-state index is 11.6. The number of nitrogens with zero attached hydrogens (tertiary/aromatic N) is 1. The van der Waals surface area contributed by atoms with Crippen molar-refractivity contribution in [1.82, 2.24) is 5.43 Å². The number of hydrogen-bond donors (Lipinski definition) is 2. The molecule has 1 aromatic carbocycles. The van der Waals surface area contributed by atoms with Crippen molar-refractivity contribution in [3.8, 4) is 5.75 Å². The summed E-state index contributed by atoms with van der Waals surface area (Å²) in [7, 11) is 1.58. The van der Waals surface area contributed by atoms with E-state index in [-0.39, 0.29) is 12.5 Å². The average molecular weight is 273 g/mol. The molecule has 0 saturated carbocycles. The number of furan rings is 1. The molecule has 6 nitrogen and oxygen atoms in total. The van der Waals surface area contributed by atoms with Crippen LogP contribution in [0.25, 0.3) is 0 Å². The van der Waals surface area contributed by atoms with E-state index in [0.717, 1.165) is 5.69 Å². The summed E-state index contributed by atoms with van der Waals surface area (Å²) in [5.74, 6) is 0.987. The lowest BCUT2D eigenvalue weighted by molar-refractivity contribution is -0.119. The molecule has 0 unspecified atom stereocenters. The van der Waals surface area contributed by atoms with Gasteiger partial charge in [-0.2, -0.15) is 5.10 Å². The van der Waals surface area contributed by atoms with E-state index in [2.05, 4.69) is 15.8 Å². The van der Waals surface area contributed by atoms with Crippen LogP contribution in [0.5, 0.6) is 5.75 Å². The summed E-state index contributed by atoms with van der Waals surface area (Å²) in [6.45, 7) is 0.0931. The van der Waals surface area contributed by atoms with Crippen molar-refractivity contribution in [2.45, 2.75) is 0 Å². The fraction of sp³-hybridized carbons (Fsp3) is 0.143. The second-order valence-electron chi connectivity index (χ2n) is 3.86. The lowest BCUT2D eigenvalue weighted by Gasteiger charge is -2.09. The summed E-state index contributed by atoms with van der Waals surface area (Å²) in [6.07, 6.45) is 2.97. The summed E-state index contributed by atoms with van der Waals surface area (Å²) >= 11 is 0. The quantitative estimate of drug-likeness (QED) is 0.622. The van der Waals surface area contributed by atoms with E-state index >= 15 is 0 Å². The summed E-state index contributed by atoms with van der Waals surface area (Å²) in [5, 5.41) is 6.75. The molecule has 0 fully saturated rings. The van der Waals surface area contributed by atoms with Gasteiger partial charge in [0.1, 0.15) is 11.5 Å². The predicted octanol–water partition coefficient (Wildman–Crippen LogP) is 1.85. The minimum Gasteiger partial charge on any atom is -0.495 e. The maximum atomic E-state index is 11.6. The number of ether oxygens (including phenoxy) is 1. The summed E-state index contributed by atoms with van der Waals surface area (Å²) in [4.78, 5) is 11.6. The van der Waals surface area contributed by atoms with E-state index in [0.29, 0.717) is 11.5 Å². The molecule has 2 N–H and O–H groups in total. The number of rotatable bonds is 6. The number of benzene rings is 1. The first-order valence-electron chi connectivity index (χ1n) is 6.02. The van der Waals surface area contributed by atoms with Gasteiger partial charge in [-0.15, -0.1) is 0 Å². The van der Waals surface area contributed by atoms with Crippen LogP contribution >= 0.6 is 0 Å².